The highest BCUT2D eigenvalue weighted by molar-refractivity contribution is 7.89. The molecule has 0 saturated carbocycles. The highest BCUT2D eigenvalue weighted by Crippen LogP contribution is 2.16. The number of carbonyl (C=O) groups is 1. The van der Waals surface area contributed by atoms with Gasteiger partial charge in [-0.05, 0) is 37.6 Å². The quantitative estimate of drug-likeness (QED) is 0.595. The number of aryl methyl sites for hydroxylation is 1. The van der Waals surface area contributed by atoms with Crippen LogP contribution in [0.5, 0.6) is 0 Å². The van der Waals surface area contributed by atoms with Crippen LogP contribution >= 0.6 is 0 Å². The summed E-state index contributed by atoms with van der Waals surface area (Å²) < 4.78 is 30.9. The molecule has 0 amide bonds. The molecule has 0 bridgehead atoms. The molecular weight excluding hydrogens is 268 g/mol. The number of nitrogens with two attached hydrogens (primary N) is 1. The molecule has 1 aromatic carbocycles. The first-order chi connectivity index (χ1) is 8.86. The molecule has 0 spiro atoms. The lowest BCUT2D eigenvalue weighted by Gasteiger charge is -2.08. The average Bonchev–Trinajstić information content (AvgIpc) is 2.32. The fourth-order valence-electron chi connectivity index (χ4n) is 1.42. The number of sulfonamides is 1. The Balaban J connectivity index is 2.66. The fourth-order valence-corrected chi connectivity index (χ4v) is 2.54. The second kappa shape index (κ2) is 6.53. The summed E-state index contributed by atoms with van der Waals surface area (Å²) in [4.78, 5) is 11.2. The van der Waals surface area contributed by atoms with E-state index in [4.69, 9.17) is 10.5 Å². The Bertz CT molecular complexity index is 555. The molecule has 0 aliphatic rings. The lowest BCUT2D eigenvalue weighted by atomic mass is 10.2. The molecular formula is C12H18N2O4S. The SMILES string of the molecule is CCOC(=O)CCNS(=O)(=O)c1ccc(N)c(C)c1. The largest absolute Gasteiger partial charge is 0.466 e. The van der Waals surface area contributed by atoms with Crippen molar-refractivity contribution in [1.29, 1.82) is 0 Å². The van der Waals surface area contributed by atoms with Crippen molar-refractivity contribution in [2.24, 2.45) is 0 Å². The van der Waals surface area contributed by atoms with Crippen LogP contribution in [0.1, 0.15) is 18.9 Å². The summed E-state index contributed by atoms with van der Waals surface area (Å²) in [5.41, 5.74) is 6.85. The molecule has 0 aromatic heterocycles. The molecule has 1 rings (SSSR count). The number of benzene rings is 1. The zero-order chi connectivity index (χ0) is 14.5. The smallest absolute Gasteiger partial charge is 0.307 e. The van der Waals surface area contributed by atoms with Gasteiger partial charge in [-0.3, -0.25) is 4.79 Å². The zero-order valence-electron chi connectivity index (χ0n) is 11.0. The van der Waals surface area contributed by atoms with E-state index in [1.54, 1.807) is 13.8 Å². The van der Waals surface area contributed by atoms with Gasteiger partial charge in [0.1, 0.15) is 0 Å². The van der Waals surface area contributed by atoms with E-state index >= 15 is 0 Å². The predicted molar refractivity (Wildman–Crippen MR) is 72.0 cm³/mol. The molecule has 0 atom stereocenters. The van der Waals surface area contributed by atoms with E-state index in [0.717, 1.165) is 0 Å². The van der Waals surface area contributed by atoms with Gasteiger partial charge in [0, 0.05) is 12.2 Å². The van der Waals surface area contributed by atoms with Crippen LogP contribution in [0.2, 0.25) is 0 Å². The topological polar surface area (TPSA) is 98.5 Å². The molecule has 0 saturated heterocycles. The van der Waals surface area contributed by atoms with Crippen LogP contribution in [-0.4, -0.2) is 27.5 Å². The van der Waals surface area contributed by atoms with E-state index in [2.05, 4.69) is 4.72 Å². The van der Waals surface area contributed by atoms with E-state index in [-0.39, 0.29) is 24.5 Å². The van der Waals surface area contributed by atoms with Crippen LogP contribution in [0, 0.1) is 6.92 Å². The van der Waals surface area contributed by atoms with Gasteiger partial charge in [-0.25, -0.2) is 13.1 Å². The summed E-state index contributed by atoms with van der Waals surface area (Å²) in [7, 11) is -3.62. The van der Waals surface area contributed by atoms with Crippen molar-refractivity contribution < 1.29 is 17.9 Å². The van der Waals surface area contributed by atoms with Crippen molar-refractivity contribution in [3.63, 3.8) is 0 Å². The summed E-state index contributed by atoms with van der Waals surface area (Å²) >= 11 is 0. The minimum Gasteiger partial charge on any atom is -0.466 e. The van der Waals surface area contributed by atoms with Gasteiger partial charge in [0.05, 0.1) is 17.9 Å². The van der Waals surface area contributed by atoms with Crippen molar-refractivity contribution in [2.75, 3.05) is 18.9 Å². The number of nitrogens with one attached hydrogen (secondary N) is 1. The summed E-state index contributed by atoms with van der Waals surface area (Å²) in [5.74, 6) is -0.432. The molecule has 106 valence electrons. The monoisotopic (exact) mass is 286 g/mol. The highest BCUT2D eigenvalue weighted by atomic mass is 32.2. The first kappa shape index (κ1) is 15.5. The minimum absolute atomic E-state index is 0.00102. The molecule has 0 fully saturated rings. The van der Waals surface area contributed by atoms with Crippen LogP contribution in [0.3, 0.4) is 0 Å². The maximum Gasteiger partial charge on any atom is 0.307 e. The number of ether oxygens (including phenoxy) is 1. The summed E-state index contributed by atoms with van der Waals surface area (Å²) in [6.07, 6.45) is 0.00102. The maximum atomic E-state index is 11.9. The van der Waals surface area contributed by atoms with E-state index in [1.165, 1.54) is 18.2 Å². The number of nitrogen functional groups attached to an aromatic ring is 1. The highest BCUT2D eigenvalue weighted by Gasteiger charge is 2.15. The van der Waals surface area contributed by atoms with Gasteiger partial charge in [-0.15, -0.1) is 0 Å². The molecule has 0 unspecified atom stereocenters. The van der Waals surface area contributed by atoms with Crippen molar-refractivity contribution in [3.05, 3.63) is 23.8 Å². The van der Waals surface area contributed by atoms with Gasteiger partial charge < -0.3 is 10.5 Å². The van der Waals surface area contributed by atoms with Gasteiger partial charge in [0.2, 0.25) is 10.0 Å². The molecule has 0 radical (unpaired) electrons. The third kappa shape index (κ3) is 4.53. The summed E-state index contributed by atoms with van der Waals surface area (Å²) in [6, 6.07) is 4.45. The van der Waals surface area contributed by atoms with Crippen molar-refractivity contribution in [3.8, 4) is 0 Å². The van der Waals surface area contributed by atoms with Crippen LogP contribution in [0.4, 0.5) is 5.69 Å². The molecule has 0 aliphatic heterocycles. The molecule has 3 N–H and O–H groups in total. The standard InChI is InChI=1S/C12H18N2O4S/c1-3-18-12(15)6-7-14-19(16,17)10-4-5-11(13)9(2)8-10/h4-5,8,14H,3,6-7,13H2,1-2H3. The molecule has 6 nitrogen and oxygen atoms in total. The lowest BCUT2D eigenvalue weighted by molar-refractivity contribution is -0.142. The molecule has 1 aromatic rings. The molecule has 7 heteroatoms. The van der Waals surface area contributed by atoms with Crippen molar-refractivity contribution in [1.82, 2.24) is 4.72 Å². The lowest BCUT2D eigenvalue weighted by Crippen LogP contribution is -2.26. The first-order valence-corrected chi connectivity index (χ1v) is 7.36. The van der Waals surface area contributed by atoms with Crippen LogP contribution in [0.15, 0.2) is 23.1 Å². The second-order valence-electron chi connectivity index (χ2n) is 3.97. The molecule has 0 aliphatic carbocycles. The Morgan fingerprint density at radius 1 is 1.42 bits per heavy atom. The Labute approximate surface area is 113 Å². The Kier molecular flexibility index (Phi) is 5.31. The minimum atomic E-state index is -3.62. The number of anilines is 1. The number of rotatable bonds is 6. The first-order valence-electron chi connectivity index (χ1n) is 5.88. The van der Waals surface area contributed by atoms with Gasteiger partial charge in [0.25, 0.3) is 0 Å². The van der Waals surface area contributed by atoms with E-state index in [1.807, 2.05) is 0 Å². The summed E-state index contributed by atoms with van der Waals surface area (Å²) in [6.45, 7) is 3.71. The Morgan fingerprint density at radius 2 is 2.11 bits per heavy atom. The Hall–Kier alpha value is -1.60. The molecule has 19 heavy (non-hydrogen) atoms. The second-order valence-corrected chi connectivity index (χ2v) is 5.74. The van der Waals surface area contributed by atoms with Gasteiger partial charge in [0.15, 0.2) is 0 Å². The zero-order valence-corrected chi connectivity index (χ0v) is 11.8. The predicted octanol–water partition coefficient (Wildman–Crippen LogP) is 0.809. The number of hydrogen-bond acceptors (Lipinski definition) is 5. The fraction of sp³-hybridized carbons (Fsp3) is 0.417. The Morgan fingerprint density at radius 3 is 2.68 bits per heavy atom. The van der Waals surface area contributed by atoms with Crippen LogP contribution < -0.4 is 10.5 Å². The van der Waals surface area contributed by atoms with Crippen LogP contribution in [-0.2, 0) is 19.6 Å². The van der Waals surface area contributed by atoms with Crippen molar-refractivity contribution in [2.45, 2.75) is 25.2 Å². The van der Waals surface area contributed by atoms with Crippen LogP contribution in [0.25, 0.3) is 0 Å². The average molecular weight is 286 g/mol. The van der Waals surface area contributed by atoms with Gasteiger partial charge in [-0.2, -0.15) is 0 Å². The van der Waals surface area contributed by atoms with E-state index in [9.17, 15) is 13.2 Å². The number of esters is 1. The maximum absolute atomic E-state index is 11.9. The number of carbonyl (C=O) groups excluding carboxylic acids is 1. The van der Waals surface area contributed by atoms with Gasteiger partial charge in [-0.1, -0.05) is 0 Å². The summed E-state index contributed by atoms with van der Waals surface area (Å²) in [5, 5.41) is 0. The van der Waals surface area contributed by atoms with E-state index < -0.39 is 16.0 Å². The van der Waals surface area contributed by atoms with Gasteiger partial charge >= 0.3 is 5.97 Å². The third-order valence-electron chi connectivity index (χ3n) is 2.48. The normalized spacial score (nSPS) is 11.3. The van der Waals surface area contributed by atoms with Crippen molar-refractivity contribution >= 4 is 21.7 Å². The van der Waals surface area contributed by atoms with E-state index in [0.29, 0.717) is 11.3 Å². The molecule has 0 heterocycles. The third-order valence-corrected chi connectivity index (χ3v) is 3.94. The number of hydrogen-bond donors (Lipinski definition) is 2.